The van der Waals surface area contributed by atoms with Crippen molar-refractivity contribution in [3.63, 3.8) is 0 Å². The highest BCUT2D eigenvalue weighted by atomic mass is 35.5. The molecule has 0 atom stereocenters. The molecular weight excluding hydrogens is 286 g/mol. The second kappa shape index (κ2) is 4.76. The van der Waals surface area contributed by atoms with Crippen molar-refractivity contribution in [3.05, 3.63) is 58.5 Å². The Labute approximate surface area is 118 Å². The molecule has 1 aromatic heterocycles. The molecule has 94 valence electrons. The molecule has 0 bridgehead atoms. The Bertz CT molecular complexity index is 760. The summed E-state index contributed by atoms with van der Waals surface area (Å²) in [6, 6.07) is 12.0. The Morgan fingerprint density at radius 1 is 0.895 bits per heavy atom. The van der Waals surface area contributed by atoms with Crippen molar-refractivity contribution in [3.8, 4) is 11.4 Å². The minimum absolute atomic E-state index is 0.131. The van der Waals surface area contributed by atoms with Crippen LogP contribution in [0.3, 0.4) is 0 Å². The SMILES string of the molecule is Fc1ccc(Cl)c2c(Cl)nc(-c3ccccc3)nc12. The maximum Gasteiger partial charge on any atom is 0.161 e. The minimum atomic E-state index is -0.471. The van der Waals surface area contributed by atoms with Gasteiger partial charge in [0.1, 0.15) is 16.5 Å². The van der Waals surface area contributed by atoms with E-state index < -0.39 is 5.82 Å². The van der Waals surface area contributed by atoms with E-state index in [1.807, 2.05) is 30.3 Å². The first kappa shape index (κ1) is 12.3. The lowest BCUT2D eigenvalue weighted by molar-refractivity contribution is 0.636. The highest BCUT2D eigenvalue weighted by Gasteiger charge is 2.13. The monoisotopic (exact) mass is 292 g/mol. The van der Waals surface area contributed by atoms with Gasteiger partial charge in [0.15, 0.2) is 5.82 Å². The van der Waals surface area contributed by atoms with E-state index in [-0.39, 0.29) is 10.7 Å². The molecule has 3 rings (SSSR count). The third kappa shape index (κ3) is 2.15. The molecule has 19 heavy (non-hydrogen) atoms. The summed E-state index contributed by atoms with van der Waals surface area (Å²) in [4.78, 5) is 8.39. The zero-order valence-electron chi connectivity index (χ0n) is 9.57. The minimum Gasteiger partial charge on any atom is -0.225 e. The smallest absolute Gasteiger partial charge is 0.161 e. The van der Waals surface area contributed by atoms with Gasteiger partial charge in [0.05, 0.1) is 10.4 Å². The highest BCUT2D eigenvalue weighted by Crippen LogP contribution is 2.31. The van der Waals surface area contributed by atoms with Crippen molar-refractivity contribution < 1.29 is 4.39 Å². The molecule has 0 spiro atoms. The second-order valence-electron chi connectivity index (χ2n) is 3.96. The van der Waals surface area contributed by atoms with Crippen LogP contribution in [0.5, 0.6) is 0 Å². The summed E-state index contributed by atoms with van der Waals surface area (Å²) in [5.41, 5.74) is 0.900. The van der Waals surface area contributed by atoms with Crippen molar-refractivity contribution in [2.24, 2.45) is 0 Å². The van der Waals surface area contributed by atoms with E-state index in [0.717, 1.165) is 5.56 Å². The maximum absolute atomic E-state index is 13.8. The largest absolute Gasteiger partial charge is 0.225 e. The molecule has 5 heteroatoms. The van der Waals surface area contributed by atoms with E-state index in [4.69, 9.17) is 23.2 Å². The molecule has 2 nitrogen and oxygen atoms in total. The van der Waals surface area contributed by atoms with Crippen LogP contribution in [0.25, 0.3) is 22.3 Å². The molecule has 0 N–H and O–H groups in total. The highest BCUT2D eigenvalue weighted by molar-refractivity contribution is 6.41. The van der Waals surface area contributed by atoms with Gasteiger partial charge in [0.2, 0.25) is 0 Å². The fourth-order valence-electron chi connectivity index (χ4n) is 1.84. The molecule has 3 aromatic rings. The summed E-state index contributed by atoms with van der Waals surface area (Å²) in [6.07, 6.45) is 0. The van der Waals surface area contributed by atoms with Crippen LogP contribution in [-0.2, 0) is 0 Å². The number of halogens is 3. The van der Waals surface area contributed by atoms with Gasteiger partial charge in [0.25, 0.3) is 0 Å². The topological polar surface area (TPSA) is 25.8 Å². The lowest BCUT2D eigenvalue weighted by atomic mass is 10.2. The first-order valence-electron chi connectivity index (χ1n) is 5.53. The van der Waals surface area contributed by atoms with Gasteiger partial charge >= 0.3 is 0 Å². The van der Waals surface area contributed by atoms with Crippen LogP contribution in [0.1, 0.15) is 0 Å². The maximum atomic E-state index is 13.8. The number of hydrogen-bond donors (Lipinski definition) is 0. The lowest BCUT2D eigenvalue weighted by Gasteiger charge is -2.06. The van der Waals surface area contributed by atoms with Crippen molar-refractivity contribution in [2.75, 3.05) is 0 Å². The Morgan fingerprint density at radius 2 is 1.63 bits per heavy atom. The Balaban J connectivity index is 2.34. The molecule has 0 aliphatic rings. The van der Waals surface area contributed by atoms with E-state index in [0.29, 0.717) is 16.2 Å². The average Bonchev–Trinajstić information content (AvgIpc) is 2.43. The average molecular weight is 293 g/mol. The van der Waals surface area contributed by atoms with Crippen LogP contribution in [-0.4, -0.2) is 9.97 Å². The number of nitrogens with zero attached hydrogens (tertiary/aromatic N) is 2. The van der Waals surface area contributed by atoms with E-state index in [1.54, 1.807) is 0 Å². The fraction of sp³-hybridized carbons (Fsp3) is 0. The molecule has 0 fully saturated rings. The standard InChI is InChI=1S/C14H7Cl2FN2/c15-9-6-7-10(17)12-11(9)13(16)19-14(18-12)8-4-2-1-3-5-8/h1-7H. The van der Waals surface area contributed by atoms with Crippen molar-refractivity contribution in [1.82, 2.24) is 9.97 Å². The molecule has 0 amide bonds. The first-order chi connectivity index (χ1) is 9.16. The zero-order valence-corrected chi connectivity index (χ0v) is 11.1. The molecule has 1 heterocycles. The second-order valence-corrected chi connectivity index (χ2v) is 4.72. The first-order valence-corrected chi connectivity index (χ1v) is 6.29. The third-order valence-corrected chi connectivity index (χ3v) is 3.33. The van der Waals surface area contributed by atoms with Gasteiger partial charge in [-0.2, -0.15) is 0 Å². The quantitative estimate of drug-likeness (QED) is 0.605. The third-order valence-electron chi connectivity index (χ3n) is 2.74. The number of benzene rings is 2. The van der Waals surface area contributed by atoms with E-state index in [9.17, 15) is 4.39 Å². The zero-order chi connectivity index (χ0) is 13.4. The summed E-state index contributed by atoms with van der Waals surface area (Å²) >= 11 is 12.1. The van der Waals surface area contributed by atoms with Crippen molar-refractivity contribution >= 4 is 34.1 Å². The summed E-state index contributed by atoms with van der Waals surface area (Å²) in [6.45, 7) is 0. The van der Waals surface area contributed by atoms with E-state index in [1.165, 1.54) is 12.1 Å². The number of fused-ring (bicyclic) bond motifs is 1. The molecular formula is C14H7Cl2FN2. The van der Waals surface area contributed by atoms with Crippen LogP contribution in [0.2, 0.25) is 10.2 Å². The molecule has 0 unspecified atom stereocenters. The predicted molar refractivity (Wildman–Crippen MR) is 75.0 cm³/mol. The van der Waals surface area contributed by atoms with E-state index >= 15 is 0 Å². The predicted octanol–water partition coefficient (Wildman–Crippen LogP) is 4.74. The van der Waals surface area contributed by atoms with Gasteiger partial charge in [-0.1, -0.05) is 53.5 Å². The number of aromatic nitrogens is 2. The summed E-state index contributed by atoms with van der Waals surface area (Å²) in [7, 11) is 0. The number of rotatable bonds is 1. The molecule has 0 aliphatic heterocycles. The van der Waals surface area contributed by atoms with Gasteiger partial charge in [-0.05, 0) is 12.1 Å². The van der Waals surface area contributed by atoms with Gasteiger partial charge in [-0.15, -0.1) is 0 Å². The Kier molecular flexibility index (Phi) is 3.09. The summed E-state index contributed by atoms with van der Waals surface area (Å²) in [5.74, 6) is -0.0971. The Hall–Kier alpha value is -1.71. The molecule has 0 aliphatic carbocycles. The fourth-order valence-corrected chi connectivity index (χ4v) is 2.40. The normalized spacial score (nSPS) is 10.9. The molecule has 0 saturated carbocycles. The Morgan fingerprint density at radius 3 is 2.37 bits per heavy atom. The van der Waals surface area contributed by atoms with Crippen LogP contribution in [0, 0.1) is 5.82 Å². The van der Waals surface area contributed by atoms with Gasteiger partial charge in [-0.25, -0.2) is 14.4 Å². The van der Waals surface area contributed by atoms with Gasteiger partial charge in [0, 0.05) is 5.56 Å². The van der Waals surface area contributed by atoms with Crippen molar-refractivity contribution in [2.45, 2.75) is 0 Å². The lowest BCUT2D eigenvalue weighted by Crippen LogP contribution is -1.94. The van der Waals surface area contributed by atoms with Crippen molar-refractivity contribution in [1.29, 1.82) is 0 Å². The molecule has 0 radical (unpaired) electrons. The van der Waals surface area contributed by atoms with Gasteiger partial charge < -0.3 is 0 Å². The van der Waals surface area contributed by atoms with Crippen LogP contribution >= 0.6 is 23.2 Å². The summed E-state index contributed by atoms with van der Waals surface area (Å²) in [5, 5.41) is 0.817. The van der Waals surface area contributed by atoms with Crippen LogP contribution in [0.4, 0.5) is 4.39 Å². The number of hydrogen-bond acceptors (Lipinski definition) is 2. The van der Waals surface area contributed by atoms with Gasteiger partial charge in [-0.3, -0.25) is 0 Å². The summed E-state index contributed by atoms with van der Waals surface area (Å²) < 4.78 is 13.8. The van der Waals surface area contributed by atoms with Crippen LogP contribution < -0.4 is 0 Å². The molecule has 0 saturated heterocycles. The van der Waals surface area contributed by atoms with Crippen LogP contribution in [0.15, 0.2) is 42.5 Å². The molecule has 2 aromatic carbocycles. The van der Waals surface area contributed by atoms with E-state index in [2.05, 4.69) is 9.97 Å².